The van der Waals surface area contributed by atoms with Gasteiger partial charge in [-0.15, -0.1) is 0 Å². The summed E-state index contributed by atoms with van der Waals surface area (Å²) in [5.41, 5.74) is 0.124. The summed E-state index contributed by atoms with van der Waals surface area (Å²) >= 11 is 0. The van der Waals surface area contributed by atoms with E-state index in [2.05, 4.69) is 63.0 Å². The molecule has 1 saturated heterocycles. The molecule has 0 aromatic rings. The summed E-state index contributed by atoms with van der Waals surface area (Å²) in [7, 11) is 8.45. The predicted octanol–water partition coefficient (Wildman–Crippen LogP) is 1.76. The monoisotopic (exact) mass is 269 g/mol. The molecule has 0 aromatic heterocycles. The van der Waals surface area contributed by atoms with Gasteiger partial charge >= 0.3 is 0 Å². The van der Waals surface area contributed by atoms with Crippen molar-refractivity contribution in [2.45, 2.75) is 32.3 Å². The van der Waals surface area contributed by atoms with Gasteiger partial charge in [0.05, 0.1) is 12.1 Å². The molecule has 1 atom stereocenters. The van der Waals surface area contributed by atoms with E-state index in [1.165, 1.54) is 0 Å². The molecule has 0 aliphatic carbocycles. The molecule has 0 N–H and O–H groups in total. The van der Waals surface area contributed by atoms with Crippen molar-refractivity contribution >= 4 is 6.21 Å². The minimum Gasteiger partial charge on any atom is -0.376 e. The lowest BCUT2D eigenvalue weighted by Gasteiger charge is -2.44. The maximum atomic E-state index is 5.86. The summed E-state index contributed by atoms with van der Waals surface area (Å²) in [6.45, 7) is 8.14. The lowest BCUT2D eigenvalue weighted by Crippen LogP contribution is -2.47. The van der Waals surface area contributed by atoms with E-state index in [-0.39, 0.29) is 11.0 Å². The summed E-state index contributed by atoms with van der Waals surface area (Å²) in [5.74, 6) is 0. The largest absolute Gasteiger partial charge is 0.376 e. The highest BCUT2D eigenvalue weighted by atomic mass is 16.5. The lowest BCUT2D eigenvalue weighted by molar-refractivity contribution is -0.0887. The third-order valence-electron chi connectivity index (χ3n) is 3.54. The van der Waals surface area contributed by atoms with Gasteiger partial charge in [-0.1, -0.05) is 0 Å². The van der Waals surface area contributed by atoms with Crippen LogP contribution in [0.15, 0.2) is 4.99 Å². The van der Waals surface area contributed by atoms with Crippen LogP contribution < -0.4 is 0 Å². The fourth-order valence-corrected chi connectivity index (χ4v) is 2.95. The van der Waals surface area contributed by atoms with Crippen molar-refractivity contribution in [3.05, 3.63) is 0 Å². The zero-order chi connectivity index (χ0) is 14.5. The molecule has 4 heteroatoms. The normalized spacial score (nSPS) is 27.6. The van der Waals surface area contributed by atoms with Crippen molar-refractivity contribution in [1.29, 1.82) is 0 Å². The minimum atomic E-state index is -0.0399. The first-order chi connectivity index (χ1) is 8.75. The Morgan fingerprint density at radius 3 is 2.37 bits per heavy atom. The average Bonchev–Trinajstić information content (AvgIpc) is 2.21. The number of hydrogen-bond donors (Lipinski definition) is 0. The van der Waals surface area contributed by atoms with E-state index in [4.69, 9.17) is 4.74 Å². The second kappa shape index (κ2) is 6.82. The number of hydrogen-bond acceptors (Lipinski definition) is 4. The summed E-state index contributed by atoms with van der Waals surface area (Å²) < 4.78 is 5.86. The summed E-state index contributed by atoms with van der Waals surface area (Å²) in [4.78, 5) is 9.11. The van der Waals surface area contributed by atoms with Crippen LogP contribution in [0.1, 0.15) is 26.7 Å². The Balaban J connectivity index is 2.70. The van der Waals surface area contributed by atoms with Crippen LogP contribution in [0.3, 0.4) is 0 Å². The number of rotatable bonds is 6. The highest BCUT2D eigenvalue weighted by Crippen LogP contribution is 2.38. The van der Waals surface area contributed by atoms with E-state index >= 15 is 0 Å². The number of likely N-dealkylation sites (N-methyl/N-ethyl adjacent to an activating group) is 1. The Morgan fingerprint density at radius 1 is 1.16 bits per heavy atom. The second-order valence-corrected chi connectivity index (χ2v) is 6.97. The van der Waals surface area contributed by atoms with Gasteiger partial charge < -0.3 is 14.5 Å². The Morgan fingerprint density at radius 2 is 1.84 bits per heavy atom. The Kier molecular flexibility index (Phi) is 5.96. The third kappa shape index (κ3) is 6.02. The molecule has 1 heterocycles. The van der Waals surface area contributed by atoms with Crippen LogP contribution in [0.5, 0.6) is 0 Å². The van der Waals surface area contributed by atoms with Crippen molar-refractivity contribution in [1.82, 2.24) is 9.80 Å². The van der Waals surface area contributed by atoms with E-state index in [1.807, 2.05) is 0 Å². The Bertz CT molecular complexity index is 300. The molecule has 0 saturated carbocycles. The quantitative estimate of drug-likeness (QED) is 0.688. The van der Waals surface area contributed by atoms with Gasteiger partial charge in [-0.05, 0) is 54.9 Å². The standard InChI is InChI=1S/C15H31N3O/c1-14(2)11-15(7-10-19-14,13-18(5)6)12-16-8-9-17(3)4/h12H,7-11,13H2,1-6H3/t15-/m0/s1. The maximum Gasteiger partial charge on any atom is 0.0635 e. The molecule has 0 bridgehead atoms. The van der Waals surface area contributed by atoms with E-state index < -0.39 is 0 Å². The zero-order valence-electron chi connectivity index (χ0n) is 13.6. The Labute approximate surface area is 118 Å². The van der Waals surface area contributed by atoms with Crippen LogP contribution in [0, 0.1) is 5.41 Å². The fourth-order valence-electron chi connectivity index (χ4n) is 2.95. The van der Waals surface area contributed by atoms with Gasteiger partial charge in [-0.3, -0.25) is 4.99 Å². The van der Waals surface area contributed by atoms with Crippen LogP contribution >= 0.6 is 0 Å². The SMILES string of the molecule is CN(C)CCN=C[C@]1(CN(C)C)CCOC(C)(C)C1. The number of aliphatic imine (C=N–C) groups is 1. The van der Waals surface area contributed by atoms with Gasteiger partial charge in [0.15, 0.2) is 0 Å². The first-order valence-corrected chi connectivity index (χ1v) is 7.19. The summed E-state index contributed by atoms with van der Waals surface area (Å²) in [6, 6.07) is 0. The van der Waals surface area contributed by atoms with Gasteiger partial charge in [-0.2, -0.15) is 0 Å². The molecule has 1 rings (SSSR count). The van der Waals surface area contributed by atoms with E-state index in [1.54, 1.807) is 0 Å². The molecular formula is C15H31N3O. The predicted molar refractivity (Wildman–Crippen MR) is 82.2 cm³/mol. The topological polar surface area (TPSA) is 28.1 Å². The zero-order valence-corrected chi connectivity index (χ0v) is 13.6. The molecule has 112 valence electrons. The number of ether oxygens (including phenoxy) is 1. The maximum absolute atomic E-state index is 5.86. The first-order valence-electron chi connectivity index (χ1n) is 7.19. The van der Waals surface area contributed by atoms with Gasteiger partial charge in [0.2, 0.25) is 0 Å². The highest BCUT2D eigenvalue weighted by molar-refractivity contribution is 5.66. The van der Waals surface area contributed by atoms with Gasteiger partial charge in [0.1, 0.15) is 0 Å². The third-order valence-corrected chi connectivity index (χ3v) is 3.54. The molecule has 4 nitrogen and oxygen atoms in total. The van der Waals surface area contributed by atoms with Crippen LogP contribution in [0.2, 0.25) is 0 Å². The molecule has 0 radical (unpaired) electrons. The van der Waals surface area contributed by atoms with Crippen molar-refractivity contribution in [3.63, 3.8) is 0 Å². The number of nitrogens with zero attached hydrogens (tertiary/aromatic N) is 3. The second-order valence-electron chi connectivity index (χ2n) is 6.97. The fraction of sp³-hybridized carbons (Fsp3) is 0.933. The van der Waals surface area contributed by atoms with Crippen LogP contribution in [-0.2, 0) is 4.74 Å². The van der Waals surface area contributed by atoms with E-state index in [0.29, 0.717) is 0 Å². The van der Waals surface area contributed by atoms with Crippen LogP contribution in [-0.4, -0.2) is 76.0 Å². The summed E-state index contributed by atoms with van der Waals surface area (Å²) in [6.07, 6.45) is 4.32. The molecular weight excluding hydrogens is 238 g/mol. The molecule has 19 heavy (non-hydrogen) atoms. The lowest BCUT2D eigenvalue weighted by atomic mass is 9.74. The molecule has 1 aliphatic rings. The summed E-state index contributed by atoms with van der Waals surface area (Å²) in [5, 5.41) is 0. The molecule has 0 aromatic carbocycles. The van der Waals surface area contributed by atoms with Crippen LogP contribution in [0.25, 0.3) is 0 Å². The highest BCUT2D eigenvalue weighted by Gasteiger charge is 2.40. The minimum absolute atomic E-state index is 0.0399. The smallest absolute Gasteiger partial charge is 0.0635 e. The van der Waals surface area contributed by atoms with Gasteiger partial charge in [0.25, 0.3) is 0 Å². The first kappa shape index (κ1) is 16.6. The molecule has 0 unspecified atom stereocenters. The molecule has 0 amide bonds. The van der Waals surface area contributed by atoms with E-state index in [0.717, 1.165) is 39.1 Å². The van der Waals surface area contributed by atoms with Crippen molar-refractivity contribution in [3.8, 4) is 0 Å². The molecule has 0 spiro atoms. The average molecular weight is 269 g/mol. The van der Waals surface area contributed by atoms with Gasteiger partial charge in [0, 0.05) is 31.3 Å². The molecule has 1 fully saturated rings. The van der Waals surface area contributed by atoms with Crippen molar-refractivity contribution in [2.24, 2.45) is 10.4 Å². The van der Waals surface area contributed by atoms with Crippen LogP contribution in [0.4, 0.5) is 0 Å². The Hall–Kier alpha value is -0.450. The van der Waals surface area contributed by atoms with Crippen molar-refractivity contribution < 1.29 is 4.74 Å². The van der Waals surface area contributed by atoms with Crippen molar-refractivity contribution in [2.75, 3.05) is 54.4 Å². The van der Waals surface area contributed by atoms with Gasteiger partial charge in [-0.25, -0.2) is 0 Å². The molecule has 1 aliphatic heterocycles. The van der Waals surface area contributed by atoms with E-state index in [9.17, 15) is 0 Å².